The van der Waals surface area contributed by atoms with Gasteiger partial charge in [-0.25, -0.2) is 0 Å². The van der Waals surface area contributed by atoms with E-state index in [0.717, 1.165) is 23.3 Å². The van der Waals surface area contributed by atoms with Crippen LogP contribution in [0.2, 0.25) is 0 Å². The third kappa shape index (κ3) is 3.59. The molecule has 2 bridgehead atoms. The van der Waals surface area contributed by atoms with E-state index in [-0.39, 0.29) is 17.4 Å². The highest BCUT2D eigenvalue weighted by Crippen LogP contribution is 2.65. The number of alkyl halides is 3. The number of amides is 1. The Morgan fingerprint density at radius 1 is 1.26 bits per heavy atom. The van der Waals surface area contributed by atoms with Gasteiger partial charge >= 0.3 is 6.18 Å². The van der Waals surface area contributed by atoms with E-state index >= 15 is 0 Å². The van der Waals surface area contributed by atoms with Crippen molar-refractivity contribution in [3.8, 4) is 11.5 Å². The van der Waals surface area contributed by atoms with Gasteiger partial charge in [0, 0.05) is 31.3 Å². The molecular formula is C30H31F3N2O4. The van der Waals surface area contributed by atoms with Crippen LogP contribution in [0.1, 0.15) is 41.5 Å². The van der Waals surface area contributed by atoms with Crippen molar-refractivity contribution in [1.29, 1.82) is 0 Å². The maximum atomic E-state index is 13.4. The Bertz CT molecular complexity index is 1370. The lowest BCUT2D eigenvalue weighted by Crippen LogP contribution is -2.78. The van der Waals surface area contributed by atoms with Gasteiger partial charge < -0.3 is 19.8 Å². The first-order chi connectivity index (χ1) is 18.5. The zero-order valence-electron chi connectivity index (χ0n) is 21.6. The lowest BCUT2D eigenvalue weighted by atomic mass is 9.48. The van der Waals surface area contributed by atoms with E-state index in [2.05, 4.69) is 11.5 Å². The molecule has 2 heterocycles. The van der Waals surface area contributed by atoms with Gasteiger partial charge in [-0.3, -0.25) is 9.69 Å². The van der Waals surface area contributed by atoms with Crippen molar-refractivity contribution in [2.45, 2.75) is 61.1 Å². The number of carbonyl (C=O) groups is 1. The number of hydrogen-bond donors (Lipinski definition) is 2. The molecule has 9 heteroatoms. The minimum atomic E-state index is -4.54. The summed E-state index contributed by atoms with van der Waals surface area (Å²) in [5.74, 6) is -0.0866. The lowest BCUT2D eigenvalue weighted by Gasteiger charge is -2.64. The fraction of sp³-hybridized carbons (Fsp3) is 0.433. The van der Waals surface area contributed by atoms with Crippen molar-refractivity contribution >= 4 is 12.0 Å². The molecule has 39 heavy (non-hydrogen) atoms. The van der Waals surface area contributed by atoms with Gasteiger partial charge in [-0.05, 0) is 61.6 Å². The number of aromatic hydroxyl groups is 1. The Kier molecular flexibility index (Phi) is 5.89. The van der Waals surface area contributed by atoms with Crippen LogP contribution >= 0.6 is 0 Å². The van der Waals surface area contributed by atoms with E-state index in [1.807, 2.05) is 12.1 Å². The van der Waals surface area contributed by atoms with Crippen LogP contribution in [-0.2, 0) is 22.8 Å². The van der Waals surface area contributed by atoms with E-state index in [1.54, 1.807) is 13.1 Å². The first-order valence-electron chi connectivity index (χ1n) is 13.2. The summed E-state index contributed by atoms with van der Waals surface area (Å²) < 4.78 is 46.8. The maximum Gasteiger partial charge on any atom is 0.416 e. The molecule has 2 fully saturated rings. The minimum absolute atomic E-state index is 0.00299. The maximum absolute atomic E-state index is 13.4. The number of phenols is 1. The van der Waals surface area contributed by atoms with E-state index in [1.165, 1.54) is 29.2 Å². The van der Waals surface area contributed by atoms with Crippen molar-refractivity contribution in [2.24, 2.45) is 0 Å². The highest BCUT2D eigenvalue weighted by atomic mass is 19.4. The normalized spacial score (nSPS) is 31.1. The monoisotopic (exact) mass is 540 g/mol. The van der Waals surface area contributed by atoms with Crippen LogP contribution in [0, 0.1) is 0 Å². The van der Waals surface area contributed by atoms with Gasteiger partial charge in [-0.15, -0.1) is 6.58 Å². The molecule has 0 unspecified atom stereocenters. The number of hydrogen-bond acceptors (Lipinski definition) is 5. The molecule has 206 valence electrons. The highest BCUT2D eigenvalue weighted by Gasteiger charge is 2.73. The fourth-order valence-corrected chi connectivity index (χ4v) is 7.73. The number of halogens is 3. The number of likely N-dealkylation sites (N-methyl/N-ethyl adjacent to an activating group) is 1. The SMILES string of the molecule is C=CCN1CC[C@]23c4c5ccc(O)c4O[C@H]2[C@@H](N(C)C(=O)C=Cc2ccccc2C(F)(F)F)CC[C@@]3(O)[C@H]1C5. The quantitative estimate of drug-likeness (QED) is 0.437. The lowest BCUT2D eigenvalue weighted by molar-refractivity contribution is -0.198. The molecule has 5 atom stereocenters. The summed E-state index contributed by atoms with van der Waals surface area (Å²) in [6.45, 7) is 5.23. The largest absolute Gasteiger partial charge is 0.504 e. The Hall–Kier alpha value is -3.30. The second-order valence-corrected chi connectivity index (χ2v) is 11.1. The van der Waals surface area contributed by atoms with Gasteiger partial charge in [-0.2, -0.15) is 13.2 Å². The number of nitrogens with zero attached hydrogens (tertiary/aromatic N) is 2. The molecule has 0 radical (unpaired) electrons. The van der Waals surface area contributed by atoms with Gasteiger partial charge in [0.2, 0.25) is 5.91 Å². The molecule has 2 N–H and O–H groups in total. The first-order valence-corrected chi connectivity index (χ1v) is 13.2. The van der Waals surface area contributed by atoms with Gasteiger partial charge in [0.15, 0.2) is 11.5 Å². The Balaban J connectivity index is 1.36. The molecule has 4 aliphatic rings. The number of carbonyl (C=O) groups excluding carboxylic acids is 1. The fourth-order valence-electron chi connectivity index (χ4n) is 7.73. The Labute approximate surface area is 225 Å². The number of ether oxygens (including phenoxy) is 1. The second kappa shape index (κ2) is 8.86. The van der Waals surface area contributed by atoms with Gasteiger partial charge in [0.05, 0.1) is 22.6 Å². The van der Waals surface area contributed by atoms with E-state index in [9.17, 15) is 28.2 Å². The second-order valence-electron chi connectivity index (χ2n) is 11.1. The van der Waals surface area contributed by atoms with Crippen LogP contribution < -0.4 is 4.74 Å². The summed E-state index contributed by atoms with van der Waals surface area (Å²) >= 11 is 0. The number of rotatable bonds is 5. The van der Waals surface area contributed by atoms with Crippen LogP contribution in [0.5, 0.6) is 11.5 Å². The average molecular weight is 541 g/mol. The van der Waals surface area contributed by atoms with Crippen LogP contribution in [0.15, 0.2) is 55.1 Å². The van der Waals surface area contributed by atoms with Gasteiger partial charge in [0.1, 0.15) is 6.10 Å². The molecule has 6 nitrogen and oxygen atoms in total. The Morgan fingerprint density at radius 3 is 2.77 bits per heavy atom. The molecule has 2 aromatic carbocycles. The van der Waals surface area contributed by atoms with Crippen molar-refractivity contribution in [3.05, 3.63) is 77.4 Å². The number of phenolic OH excluding ortho intramolecular Hbond substituents is 1. The molecule has 6 rings (SSSR count). The minimum Gasteiger partial charge on any atom is -0.504 e. The third-order valence-electron chi connectivity index (χ3n) is 9.42. The molecule has 2 aliphatic heterocycles. The first kappa shape index (κ1) is 26.0. The number of aliphatic hydroxyl groups is 1. The van der Waals surface area contributed by atoms with Crippen LogP contribution in [0.25, 0.3) is 6.08 Å². The summed E-state index contributed by atoms with van der Waals surface area (Å²) in [5, 5.41) is 23.2. The average Bonchev–Trinajstić information content (AvgIpc) is 3.25. The molecule has 0 aromatic heterocycles. The summed E-state index contributed by atoms with van der Waals surface area (Å²) in [7, 11) is 1.62. The van der Waals surface area contributed by atoms with Crippen LogP contribution in [0.4, 0.5) is 13.2 Å². The van der Waals surface area contributed by atoms with E-state index < -0.39 is 40.8 Å². The zero-order chi connectivity index (χ0) is 27.7. The van der Waals surface area contributed by atoms with Crippen molar-refractivity contribution < 1.29 is 32.9 Å². The number of benzene rings is 2. The molecule has 1 spiro atoms. The highest BCUT2D eigenvalue weighted by molar-refractivity contribution is 5.92. The Morgan fingerprint density at radius 2 is 2.03 bits per heavy atom. The summed E-state index contributed by atoms with van der Waals surface area (Å²) in [5.41, 5.74) is -0.993. The predicted molar refractivity (Wildman–Crippen MR) is 139 cm³/mol. The number of piperidine rings is 1. The van der Waals surface area contributed by atoms with Crippen LogP contribution in [-0.4, -0.2) is 69.8 Å². The van der Waals surface area contributed by atoms with Crippen molar-refractivity contribution in [1.82, 2.24) is 9.80 Å². The zero-order valence-corrected chi connectivity index (χ0v) is 21.6. The predicted octanol–water partition coefficient (Wildman–Crippen LogP) is 4.29. The molecule has 2 aromatic rings. The summed E-state index contributed by atoms with van der Waals surface area (Å²) in [4.78, 5) is 17.1. The molecular weight excluding hydrogens is 509 g/mol. The van der Waals surface area contributed by atoms with Gasteiger partial charge in [-0.1, -0.05) is 30.3 Å². The smallest absolute Gasteiger partial charge is 0.416 e. The van der Waals surface area contributed by atoms with E-state index in [0.29, 0.717) is 44.5 Å². The molecule has 1 saturated carbocycles. The van der Waals surface area contributed by atoms with Crippen molar-refractivity contribution in [2.75, 3.05) is 20.1 Å². The summed E-state index contributed by atoms with van der Waals surface area (Å²) in [6, 6.07) is 8.01. The van der Waals surface area contributed by atoms with Crippen molar-refractivity contribution in [3.63, 3.8) is 0 Å². The van der Waals surface area contributed by atoms with Gasteiger partial charge in [0.25, 0.3) is 0 Å². The summed E-state index contributed by atoms with van der Waals surface area (Å²) in [6.07, 6.45) is 1.09. The molecule has 1 amide bonds. The van der Waals surface area contributed by atoms with Crippen LogP contribution in [0.3, 0.4) is 0 Å². The third-order valence-corrected chi connectivity index (χ3v) is 9.42. The number of likely N-dealkylation sites (tertiary alicyclic amines) is 1. The topological polar surface area (TPSA) is 73.2 Å². The molecule has 1 saturated heterocycles. The standard InChI is InChI=1S/C30H31F3N2O4/c1-3-15-35-16-14-28-25-19-8-10-22(36)26(25)39-27(28)21(12-13-29(28,38)23(35)17-19)34(2)24(37)11-9-18-6-4-5-7-20(18)30(31,32)33/h3-11,21,23,27,36,38H,1,12-17H2,2H3/t21-,23+,27-,28-,29+/m0/s1. The van der Waals surface area contributed by atoms with E-state index in [4.69, 9.17) is 4.74 Å². The molecule has 2 aliphatic carbocycles.